The molecule has 0 saturated carbocycles. The van der Waals surface area contributed by atoms with Crippen molar-refractivity contribution >= 4 is 28.7 Å². The Morgan fingerprint density at radius 3 is 2.76 bits per heavy atom. The van der Waals surface area contributed by atoms with Gasteiger partial charge in [-0.1, -0.05) is 19.1 Å². The highest BCUT2D eigenvalue weighted by molar-refractivity contribution is 7.80. The lowest BCUT2D eigenvalue weighted by Gasteiger charge is -2.33. The zero-order chi connectivity index (χ0) is 17.6. The van der Waals surface area contributed by atoms with E-state index >= 15 is 0 Å². The molecular formula is C20H26N4S. The predicted octanol–water partition coefficient (Wildman–Crippen LogP) is 4.37. The summed E-state index contributed by atoms with van der Waals surface area (Å²) >= 11 is 5.40. The molecule has 2 heterocycles. The van der Waals surface area contributed by atoms with Crippen molar-refractivity contribution in [1.29, 1.82) is 0 Å². The van der Waals surface area contributed by atoms with Crippen LogP contribution in [0.1, 0.15) is 38.3 Å². The van der Waals surface area contributed by atoms with Crippen molar-refractivity contribution in [3.63, 3.8) is 0 Å². The molecule has 5 heteroatoms. The summed E-state index contributed by atoms with van der Waals surface area (Å²) in [6, 6.07) is 12.8. The Morgan fingerprint density at radius 1 is 1.28 bits per heavy atom. The molecule has 1 aliphatic rings. The number of benzene rings is 1. The van der Waals surface area contributed by atoms with E-state index in [1.165, 1.54) is 24.1 Å². The molecule has 0 aliphatic carbocycles. The van der Waals surface area contributed by atoms with E-state index in [9.17, 15) is 0 Å². The maximum absolute atomic E-state index is 5.40. The third-order valence-electron chi connectivity index (χ3n) is 4.68. The minimum atomic E-state index is 0.144. The zero-order valence-electron chi connectivity index (χ0n) is 14.9. The maximum Gasteiger partial charge on any atom is 0.171 e. The van der Waals surface area contributed by atoms with Gasteiger partial charge in [-0.25, -0.2) is 0 Å². The van der Waals surface area contributed by atoms with Crippen LogP contribution in [0.4, 0.5) is 11.4 Å². The van der Waals surface area contributed by atoms with Gasteiger partial charge in [0.1, 0.15) is 0 Å². The Balaban J connectivity index is 1.57. The van der Waals surface area contributed by atoms with Crippen LogP contribution in [-0.4, -0.2) is 23.2 Å². The first-order chi connectivity index (χ1) is 12.1. The van der Waals surface area contributed by atoms with Gasteiger partial charge < -0.3 is 15.5 Å². The number of aromatic nitrogens is 1. The molecule has 1 aliphatic heterocycles. The van der Waals surface area contributed by atoms with Crippen molar-refractivity contribution in [2.45, 2.75) is 32.7 Å². The summed E-state index contributed by atoms with van der Waals surface area (Å²) in [4.78, 5) is 6.57. The smallest absolute Gasteiger partial charge is 0.171 e. The maximum atomic E-state index is 5.40. The molecule has 0 unspecified atom stereocenters. The van der Waals surface area contributed by atoms with Crippen LogP contribution in [-0.2, 0) is 0 Å². The number of anilines is 2. The third-order valence-corrected chi connectivity index (χ3v) is 4.90. The van der Waals surface area contributed by atoms with Gasteiger partial charge in [0.05, 0.1) is 17.9 Å². The molecule has 3 rings (SSSR count). The van der Waals surface area contributed by atoms with Crippen LogP contribution in [0.3, 0.4) is 0 Å². The number of hydrogen-bond acceptors (Lipinski definition) is 3. The van der Waals surface area contributed by atoms with Crippen molar-refractivity contribution in [3.8, 4) is 0 Å². The number of rotatable bonds is 4. The summed E-state index contributed by atoms with van der Waals surface area (Å²) in [7, 11) is 0. The van der Waals surface area contributed by atoms with Crippen LogP contribution in [0, 0.1) is 5.92 Å². The Bertz CT molecular complexity index is 687. The quantitative estimate of drug-likeness (QED) is 0.798. The molecule has 0 bridgehead atoms. The van der Waals surface area contributed by atoms with Crippen molar-refractivity contribution in [2.75, 3.05) is 23.3 Å². The van der Waals surface area contributed by atoms with Gasteiger partial charge in [0.25, 0.3) is 0 Å². The number of piperidine rings is 1. The van der Waals surface area contributed by atoms with Crippen LogP contribution in [0.2, 0.25) is 0 Å². The lowest BCUT2D eigenvalue weighted by molar-refractivity contribution is 0.447. The van der Waals surface area contributed by atoms with Crippen molar-refractivity contribution in [2.24, 2.45) is 5.92 Å². The molecule has 0 amide bonds. The number of nitrogens with one attached hydrogen (secondary N) is 2. The fourth-order valence-corrected chi connectivity index (χ4v) is 3.58. The van der Waals surface area contributed by atoms with Crippen LogP contribution in [0.15, 0.2) is 48.8 Å². The van der Waals surface area contributed by atoms with Crippen molar-refractivity contribution in [3.05, 3.63) is 54.4 Å². The molecule has 132 valence electrons. The molecule has 1 saturated heterocycles. The molecule has 2 aromatic rings. The first kappa shape index (κ1) is 17.7. The number of thiocarbonyl (C=S) groups is 1. The third kappa shape index (κ3) is 4.92. The van der Waals surface area contributed by atoms with Crippen LogP contribution in [0.5, 0.6) is 0 Å². The van der Waals surface area contributed by atoms with Crippen molar-refractivity contribution in [1.82, 2.24) is 10.3 Å². The van der Waals surface area contributed by atoms with E-state index in [4.69, 9.17) is 12.2 Å². The molecule has 2 N–H and O–H groups in total. The minimum Gasteiger partial charge on any atom is -0.371 e. The standard InChI is InChI=1S/C20H26N4S/c1-15-5-4-12-24(14-15)19-9-7-17(8-10-19)16(2)22-20(25)23-18-6-3-11-21-13-18/h3,6-11,13,15-16H,4-5,12,14H2,1-2H3,(H2,22,23,25)/t15-,16+/m1/s1. The van der Waals surface area contributed by atoms with Crippen LogP contribution >= 0.6 is 12.2 Å². The number of pyridine rings is 1. The van der Waals surface area contributed by atoms with E-state index < -0.39 is 0 Å². The fraction of sp³-hybridized carbons (Fsp3) is 0.400. The van der Waals surface area contributed by atoms with Crippen LogP contribution in [0.25, 0.3) is 0 Å². The molecule has 4 nitrogen and oxygen atoms in total. The highest BCUT2D eigenvalue weighted by Crippen LogP contribution is 2.24. The zero-order valence-corrected chi connectivity index (χ0v) is 15.7. The highest BCUT2D eigenvalue weighted by Gasteiger charge is 2.16. The van der Waals surface area contributed by atoms with Crippen molar-refractivity contribution < 1.29 is 0 Å². The average molecular weight is 355 g/mol. The van der Waals surface area contributed by atoms with E-state index in [0.717, 1.165) is 24.7 Å². The first-order valence-electron chi connectivity index (χ1n) is 8.94. The SMILES string of the molecule is C[C@@H]1CCCN(c2ccc([C@H](C)NC(=S)Nc3cccnc3)cc2)C1. The molecule has 0 spiro atoms. The topological polar surface area (TPSA) is 40.2 Å². The van der Waals surface area contributed by atoms with Gasteiger partial charge in [0.2, 0.25) is 0 Å². The number of nitrogens with zero attached hydrogens (tertiary/aromatic N) is 2. The minimum absolute atomic E-state index is 0.144. The lowest BCUT2D eigenvalue weighted by Crippen LogP contribution is -2.34. The van der Waals surface area contributed by atoms with Gasteiger partial charge in [0, 0.05) is 25.0 Å². The largest absolute Gasteiger partial charge is 0.371 e. The molecule has 2 atom stereocenters. The van der Waals surface area contributed by atoms with E-state index in [-0.39, 0.29) is 6.04 Å². The van der Waals surface area contributed by atoms with Gasteiger partial charge in [-0.15, -0.1) is 0 Å². The molecule has 1 aromatic carbocycles. The Kier molecular flexibility index (Phi) is 5.87. The molecular weight excluding hydrogens is 328 g/mol. The Hall–Kier alpha value is -2.14. The summed E-state index contributed by atoms with van der Waals surface area (Å²) in [5.74, 6) is 0.782. The fourth-order valence-electron chi connectivity index (χ4n) is 3.28. The predicted molar refractivity (Wildman–Crippen MR) is 109 cm³/mol. The normalized spacial score (nSPS) is 18.5. The van der Waals surface area contributed by atoms with E-state index in [2.05, 4.69) is 58.6 Å². The van der Waals surface area contributed by atoms with Gasteiger partial charge in [-0.05, 0) is 67.7 Å². The Morgan fingerprint density at radius 2 is 2.08 bits per heavy atom. The number of hydrogen-bond donors (Lipinski definition) is 2. The molecule has 0 radical (unpaired) electrons. The van der Waals surface area contributed by atoms with E-state index in [1.54, 1.807) is 12.4 Å². The molecule has 25 heavy (non-hydrogen) atoms. The molecule has 1 fully saturated rings. The summed E-state index contributed by atoms with van der Waals surface area (Å²) in [6.07, 6.45) is 6.13. The monoisotopic (exact) mass is 354 g/mol. The average Bonchev–Trinajstić information content (AvgIpc) is 2.62. The summed E-state index contributed by atoms with van der Waals surface area (Å²) in [6.45, 7) is 6.78. The second kappa shape index (κ2) is 8.30. The van der Waals surface area contributed by atoms with Gasteiger partial charge in [0.15, 0.2) is 5.11 Å². The van der Waals surface area contributed by atoms with E-state index in [1.807, 2.05) is 12.1 Å². The summed E-state index contributed by atoms with van der Waals surface area (Å²) in [5.41, 5.74) is 3.43. The van der Waals surface area contributed by atoms with E-state index in [0.29, 0.717) is 5.11 Å². The summed E-state index contributed by atoms with van der Waals surface area (Å²) in [5, 5.41) is 7.10. The first-order valence-corrected chi connectivity index (χ1v) is 9.35. The molecule has 1 aromatic heterocycles. The second-order valence-electron chi connectivity index (χ2n) is 6.85. The van der Waals surface area contributed by atoms with Gasteiger partial charge in [-0.3, -0.25) is 4.98 Å². The van der Waals surface area contributed by atoms with Gasteiger partial charge in [-0.2, -0.15) is 0 Å². The van der Waals surface area contributed by atoms with Crippen LogP contribution < -0.4 is 15.5 Å². The second-order valence-corrected chi connectivity index (χ2v) is 7.26. The van der Waals surface area contributed by atoms with Gasteiger partial charge >= 0.3 is 0 Å². The highest BCUT2D eigenvalue weighted by atomic mass is 32.1. The lowest BCUT2D eigenvalue weighted by atomic mass is 9.99. The summed E-state index contributed by atoms with van der Waals surface area (Å²) < 4.78 is 0. The Labute approximate surface area is 155 Å².